The van der Waals surface area contributed by atoms with Gasteiger partial charge in [-0.15, -0.1) is 0 Å². The number of nitrogens with one attached hydrogen (secondary N) is 1. The van der Waals surface area contributed by atoms with E-state index in [2.05, 4.69) is 5.32 Å². The van der Waals surface area contributed by atoms with E-state index in [1.807, 2.05) is 13.2 Å². The smallest absolute Gasteiger partial charge is 0.148 e. The van der Waals surface area contributed by atoms with E-state index in [1.54, 1.807) is 11.8 Å². The summed E-state index contributed by atoms with van der Waals surface area (Å²) in [5.74, 6) is 1.25. The Balaban J connectivity index is 3.53. The molecule has 0 aliphatic rings. The first-order valence-corrected chi connectivity index (χ1v) is 7.31. The van der Waals surface area contributed by atoms with Crippen molar-refractivity contribution in [2.45, 2.75) is 13.0 Å². The van der Waals surface area contributed by atoms with E-state index >= 15 is 0 Å². The predicted octanol–water partition coefficient (Wildman–Crippen LogP) is 0.372. The average molecular weight is 211 g/mol. The highest BCUT2D eigenvalue weighted by molar-refractivity contribution is 7.98. The fourth-order valence-electron chi connectivity index (χ4n) is 0.920. The lowest BCUT2D eigenvalue weighted by molar-refractivity contribution is 0.572. The molecule has 0 spiro atoms. The molecule has 0 aromatic heterocycles. The van der Waals surface area contributed by atoms with Crippen LogP contribution in [-0.2, 0) is 9.84 Å². The van der Waals surface area contributed by atoms with Gasteiger partial charge in [0.25, 0.3) is 0 Å². The van der Waals surface area contributed by atoms with Gasteiger partial charge >= 0.3 is 0 Å². The minimum atomic E-state index is -2.83. The number of hydrogen-bond donors (Lipinski definition) is 1. The van der Waals surface area contributed by atoms with Crippen molar-refractivity contribution in [1.82, 2.24) is 5.32 Å². The number of sulfone groups is 1. The quantitative estimate of drug-likeness (QED) is 0.645. The summed E-state index contributed by atoms with van der Waals surface area (Å²) in [7, 11) is -2.83. The fraction of sp³-hybridized carbons (Fsp3) is 1.00. The van der Waals surface area contributed by atoms with Crippen molar-refractivity contribution in [1.29, 1.82) is 0 Å². The van der Waals surface area contributed by atoms with Crippen LogP contribution < -0.4 is 5.32 Å². The molecule has 1 atom stereocenters. The second kappa shape index (κ2) is 5.83. The number of hydrogen-bond acceptors (Lipinski definition) is 4. The Bertz CT molecular complexity index is 201. The molecule has 0 fully saturated rings. The zero-order valence-electron chi connectivity index (χ0n) is 7.83. The standard InChI is InChI=1S/C7H17NO2S2/c1-7(6-12(3,9)10)8-4-5-11-2/h7-8H,4-6H2,1-3H3. The van der Waals surface area contributed by atoms with Crippen LogP contribution in [0.2, 0.25) is 0 Å². The maximum absolute atomic E-state index is 10.8. The van der Waals surface area contributed by atoms with Crippen LogP contribution in [0.15, 0.2) is 0 Å². The van der Waals surface area contributed by atoms with Crippen LogP contribution in [0.1, 0.15) is 6.92 Å². The van der Waals surface area contributed by atoms with Crippen LogP contribution >= 0.6 is 11.8 Å². The van der Waals surface area contributed by atoms with Crippen molar-refractivity contribution in [3.05, 3.63) is 0 Å². The maximum atomic E-state index is 10.8. The van der Waals surface area contributed by atoms with E-state index in [-0.39, 0.29) is 11.8 Å². The minimum Gasteiger partial charge on any atom is -0.312 e. The lowest BCUT2D eigenvalue weighted by atomic mass is 10.4. The van der Waals surface area contributed by atoms with Gasteiger partial charge in [-0.25, -0.2) is 8.42 Å². The first-order chi connectivity index (χ1) is 5.45. The lowest BCUT2D eigenvalue weighted by Gasteiger charge is -2.11. The van der Waals surface area contributed by atoms with Crippen LogP contribution in [0.3, 0.4) is 0 Å². The molecule has 12 heavy (non-hydrogen) atoms. The van der Waals surface area contributed by atoms with Gasteiger partial charge in [0, 0.05) is 24.6 Å². The van der Waals surface area contributed by atoms with Gasteiger partial charge in [0.05, 0.1) is 5.75 Å². The van der Waals surface area contributed by atoms with E-state index in [4.69, 9.17) is 0 Å². The summed E-state index contributed by atoms with van der Waals surface area (Å²) in [6, 6.07) is 0.0622. The zero-order chi connectivity index (χ0) is 9.61. The van der Waals surface area contributed by atoms with Crippen LogP contribution in [0.5, 0.6) is 0 Å². The Morgan fingerprint density at radius 1 is 1.50 bits per heavy atom. The van der Waals surface area contributed by atoms with Gasteiger partial charge in [0.1, 0.15) is 9.84 Å². The molecule has 0 aliphatic heterocycles. The van der Waals surface area contributed by atoms with Crippen LogP contribution in [0.4, 0.5) is 0 Å². The van der Waals surface area contributed by atoms with Crippen molar-refractivity contribution < 1.29 is 8.42 Å². The molecule has 3 nitrogen and oxygen atoms in total. The zero-order valence-corrected chi connectivity index (χ0v) is 9.46. The normalized spacial score (nSPS) is 14.6. The molecule has 0 aromatic rings. The molecule has 0 aliphatic carbocycles. The van der Waals surface area contributed by atoms with Gasteiger partial charge in [0.15, 0.2) is 0 Å². The Kier molecular flexibility index (Phi) is 5.96. The fourth-order valence-corrected chi connectivity index (χ4v) is 2.27. The summed E-state index contributed by atoms with van der Waals surface area (Å²) >= 11 is 1.75. The molecule has 0 amide bonds. The monoisotopic (exact) mass is 211 g/mol. The Labute approximate surface area is 79.2 Å². The Hall–Kier alpha value is 0.260. The van der Waals surface area contributed by atoms with Crippen molar-refractivity contribution in [3.63, 3.8) is 0 Å². The van der Waals surface area contributed by atoms with Gasteiger partial charge in [-0.3, -0.25) is 0 Å². The average Bonchev–Trinajstić information content (AvgIpc) is 1.84. The third kappa shape index (κ3) is 8.36. The highest BCUT2D eigenvalue weighted by Gasteiger charge is 2.08. The van der Waals surface area contributed by atoms with Crippen molar-refractivity contribution in [2.75, 3.05) is 30.6 Å². The summed E-state index contributed by atoms with van der Waals surface area (Å²) in [4.78, 5) is 0. The first kappa shape index (κ1) is 12.3. The molecule has 0 saturated carbocycles. The largest absolute Gasteiger partial charge is 0.312 e. The summed E-state index contributed by atoms with van der Waals surface area (Å²) < 4.78 is 21.7. The second-order valence-electron chi connectivity index (χ2n) is 2.94. The number of thioether (sulfide) groups is 1. The van der Waals surface area contributed by atoms with Crippen molar-refractivity contribution in [2.24, 2.45) is 0 Å². The molecule has 0 bridgehead atoms. The van der Waals surface area contributed by atoms with E-state index in [1.165, 1.54) is 6.26 Å². The molecule has 0 aromatic carbocycles. The highest BCUT2D eigenvalue weighted by atomic mass is 32.2. The minimum absolute atomic E-state index is 0.0622. The van der Waals surface area contributed by atoms with Crippen molar-refractivity contribution >= 4 is 21.6 Å². The number of rotatable bonds is 6. The molecular weight excluding hydrogens is 194 g/mol. The van der Waals surface area contributed by atoms with Gasteiger partial charge in [-0.1, -0.05) is 0 Å². The van der Waals surface area contributed by atoms with Crippen LogP contribution in [-0.4, -0.2) is 45.0 Å². The molecule has 0 radical (unpaired) electrons. The van der Waals surface area contributed by atoms with E-state index < -0.39 is 9.84 Å². The molecule has 0 heterocycles. The first-order valence-electron chi connectivity index (χ1n) is 3.86. The molecule has 5 heteroatoms. The van der Waals surface area contributed by atoms with Gasteiger partial charge in [0.2, 0.25) is 0 Å². The highest BCUT2D eigenvalue weighted by Crippen LogP contribution is 1.92. The van der Waals surface area contributed by atoms with Gasteiger partial charge in [-0.2, -0.15) is 11.8 Å². The van der Waals surface area contributed by atoms with E-state index in [0.717, 1.165) is 12.3 Å². The molecule has 74 valence electrons. The lowest BCUT2D eigenvalue weighted by Crippen LogP contribution is -2.34. The molecule has 1 unspecified atom stereocenters. The molecule has 0 rings (SSSR count). The Morgan fingerprint density at radius 2 is 2.08 bits per heavy atom. The third-order valence-corrected chi connectivity index (χ3v) is 3.07. The van der Waals surface area contributed by atoms with Gasteiger partial charge in [-0.05, 0) is 13.2 Å². The third-order valence-electron chi connectivity index (χ3n) is 1.35. The van der Waals surface area contributed by atoms with E-state index in [9.17, 15) is 8.42 Å². The van der Waals surface area contributed by atoms with E-state index in [0.29, 0.717) is 0 Å². The summed E-state index contributed by atoms with van der Waals surface area (Å²) in [6.45, 7) is 2.76. The molecular formula is C7H17NO2S2. The summed E-state index contributed by atoms with van der Waals surface area (Å²) in [5.41, 5.74) is 0. The van der Waals surface area contributed by atoms with Crippen molar-refractivity contribution in [3.8, 4) is 0 Å². The molecule has 1 N–H and O–H groups in total. The Morgan fingerprint density at radius 3 is 2.50 bits per heavy atom. The summed E-state index contributed by atoms with van der Waals surface area (Å²) in [6.07, 6.45) is 3.29. The maximum Gasteiger partial charge on any atom is 0.148 e. The predicted molar refractivity (Wildman–Crippen MR) is 55.6 cm³/mol. The van der Waals surface area contributed by atoms with Crippen LogP contribution in [0, 0.1) is 0 Å². The van der Waals surface area contributed by atoms with Crippen LogP contribution in [0.25, 0.3) is 0 Å². The van der Waals surface area contributed by atoms with Gasteiger partial charge < -0.3 is 5.32 Å². The topological polar surface area (TPSA) is 46.2 Å². The molecule has 0 saturated heterocycles. The SMILES string of the molecule is CSCCNC(C)CS(C)(=O)=O. The summed E-state index contributed by atoms with van der Waals surface area (Å²) in [5, 5.41) is 3.14. The second-order valence-corrected chi connectivity index (χ2v) is 6.11.